The third kappa shape index (κ3) is 6.00. The van der Waals surface area contributed by atoms with Crippen LogP contribution in [0.25, 0.3) is 0 Å². The van der Waals surface area contributed by atoms with Crippen molar-refractivity contribution in [2.75, 3.05) is 26.1 Å². The highest BCUT2D eigenvalue weighted by molar-refractivity contribution is 5.78. The van der Waals surface area contributed by atoms with Gasteiger partial charge in [0.25, 0.3) is 0 Å². The maximum absolute atomic E-state index is 12.0. The van der Waals surface area contributed by atoms with E-state index in [1.54, 1.807) is 19.2 Å². The molecule has 2 rings (SSSR count). The van der Waals surface area contributed by atoms with Crippen LogP contribution in [0.4, 0.5) is 5.69 Å². The van der Waals surface area contributed by atoms with Crippen molar-refractivity contribution in [3.05, 3.63) is 59.7 Å². The summed E-state index contributed by atoms with van der Waals surface area (Å²) in [6.07, 6.45) is 0.338. The lowest BCUT2D eigenvalue weighted by Crippen LogP contribution is -2.24. The number of methoxy groups -OCH3 is 1. The van der Waals surface area contributed by atoms with Gasteiger partial charge in [-0.1, -0.05) is 24.3 Å². The molecule has 0 saturated heterocycles. The number of nitrogen functional groups attached to an aromatic ring is 1. The summed E-state index contributed by atoms with van der Waals surface area (Å²) in [6, 6.07) is 15.0. The molecular weight excluding hydrogens is 292 g/mol. The molecule has 1 amide bonds. The molecule has 0 aliphatic heterocycles. The van der Waals surface area contributed by atoms with Crippen LogP contribution < -0.4 is 15.8 Å². The van der Waals surface area contributed by atoms with Crippen LogP contribution in [-0.2, 0) is 22.5 Å². The summed E-state index contributed by atoms with van der Waals surface area (Å²) in [4.78, 5) is 12.0. The zero-order valence-corrected chi connectivity index (χ0v) is 13.2. The van der Waals surface area contributed by atoms with Gasteiger partial charge in [-0.3, -0.25) is 4.79 Å². The van der Waals surface area contributed by atoms with E-state index in [0.29, 0.717) is 31.9 Å². The van der Waals surface area contributed by atoms with Crippen LogP contribution in [0.3, 0.4) is 0 Å². The van der Waals surface area contributed by atoms with Crippen LogP contribution in [0, 0.1) is 0 Å². The number of anilines is 1. The molecule has 0 aliphatic rings. The number of hydrogen-bond donors (Lipinski definition) is 2. The average Bonchev–Trinajstić information content (AvgIpc) is 2.56. The van der Waals surface area contributed by atoms with Crippen molar-refractivity contribution in [1.82, 2.24) is 5.32 Å². The first-order valence-electron chi connectivity index (χ1n) is 7.49. The predicted octanol–water partition coefficient (Wildman–Crippen LogP) is 2.15. The molecule has 0 aliphatic carbocycles. The second-order valence-electron chi connectivity index (χ2n) is 5.18. The minimum Gasteiger partial charge on any atom is -0.491 e. The molecule has 0 unspecified atom stereocenters. The fourth-order valence-corrected chi connectivity index (χ4v) is 2.07. The lowest BCUT2D eigenvalue weighted by Gasteiger charge is -2.09. The van der Waals surface area contributed by atoms with Crippen molar-refractivity contribution in [1.29, 1.82) is 0 Å². The Labute approximate surface area is 136 Å². The molecule has 0 saturated carbocycles. The highest BCUT2D eigenvalue weighted by atomic mass is 16.5. The van der Waals surface area contributed by atoms with Gasteiger partial charge in [0.05, 0.1) is 13.0 Å². The summed E-state index contributed by atoms with van der Waals surface area (Å²) in [5.41, 5.74) is 8.25. The molecule has 23 heavy (non-hydrogen) atoms. The minimum absolute atomic E-state index is 0.0273. The average molecular weight is 314 g/mol. The van der Waals surface area contributed by atoms with Crippen molar-refractivity contribution in [3.8, 4) is 5.75 Å². The van der Waals surface area contributed by atoms with Gasteiger partial charge in [-0.15, -0.1) is 0 Å². The number of nitrogens with one attached hydrogen (secondary N) is 1. The molecule has 0 bridgehead atoms. The number of ether oxygens (including phenoxy) is 2. The quantitative estimate of drug-likeness (QED) is 0.578. The highest BCUT2D eigenvalue weighted by Crippen LogP contribution is 2.13. The van der Waals surface area contributed by atoms with Gasteiger partial charge in [0, 0.05) is 19.3 Å². The van der Waals surface area contributed by atoms with E-state index in [1.165, 1.54) is 0 Å². The molecular formula is C18H22N2O3. The molecule has 0 fully saturated rings. The Balaban J connectivity index is 1.81. The standard InChI is InChI=1S/C18H22N2O3/c1-22-9-10-23-17-4-2-3-15(11-17)13-20-18(21)12-14-5-7-16(19)8-6-14/h2-8,11H,9-10,12-13,19H2,1H3,(H,20,21). The normalized spacial score (nSPS) is 10.3. The number of carbonyl (C=O) groups is 1. The van der Waals surface area contributed by atoms with E-state index < -0.39 is 0 Å². The molecule has 5 heteroatoms. The monoisotopic (exact) mass is 314 g/mol. The number of rotatable bonds is 8. The van der Waals surface area contributed by atoms with Crippen LogP contribution in [0.5, 0.6) is 5.75 Å². The Kier molecular flexibility index (Phi) is 6.44. The van der Waals surface area contributed by atoms with Crippen LogP contribution >= 0.6 is 0 Å². The van der Waals surface area contributed by atoms with Crippen molar-refractivity contribution >= 4 is 11.6 Å². The van der Waals surface area contributed by atoms with Gasteiger partial charge in [-0.2, -0.15) is 0 Å². The summed E-state index contributed by atoms with van der Waals surface area (Å²) < 4.78 is 10.5. The van der Waals surface area contributed by atoms with E-state index >= 15 is 0 Å². The Morgan fingerprint density at radius 2 is 1.87 bits per heavy atom. The Hall–Kier alpha value is -2.53. The summed E-state index contributed by atoms with van der Waals surface area (Å²) in [5.74, 6) is 0.743. The number of amides is 1. The zero-order chi connectivity index (χ0) is 16.5. The van der Waals surface area contributed by atoms with E-state index in [0.717, 1.165) is 16.9 Å². The first-order valence-corrected chi connectivity index (χ1v) is 7.49. The summed E-state index contributed by atoms with van der Waals surface area (Å²) >= 11 is 0. The first-order chi connectivity index (χ1) is 11.2. The van der Waals surface area contributed by atoms with Crippen molar-refractivity contribution in [2.45, 2.75) is 13.0 Å². The van der Waals surface area contributed by atoms with Crippen LogP contribution in [-0.4, -0.2) is 26.2 Å². The molecule has 0 radical (unpaired) electrons. The first kappa shape index (κ1) is 16.8. The molecule has 2 aromatic rings. The van der Waals surface area contributed by atoms with E-state index in [9.17, 15) is 4.79 Å². The molecule has 0 heterocycles. The highest BCUT2D eigenvalue weighted by Gasteiger charge is 2.04. The number of carbonyl (C=O) groups excluding carboxylic acids is 1. The Morgan fingerprint density at radius 1 is 1.09 bits per heavy atom. The fraction of sp³-hybridized carbons (Fsp3) is 0.278. The van der Waals surface area contributed by atoms with E-state index in [4.69, 9.17) is 15.2 Å². The maximum Gasteiger partial charge on any atom is 0.224 e. The Morgan fingerprint density at radius 3 is 2.61 bits per heavy atom. The molecule has 0 spiro atoms. The smallest absolute Gasteiger partial charge is 0.224 e. The zero-order valence-electron chi connectivity index (χ0n) is 13.2. The molecule has 0 aromatic heterocycles. The largest absolute Gasteiger partial charge is 0.491 e. The summed E-state index contributed by atoms with van der Waals surface area (Å²) in [7, 11) is 1.64. The van der Waals surface area contributed by atoms with Gasteiger partial charge in [0.15, 0.2) is 0 Å². The van der Waals surface area contributed by atoms with Crippen molar-refractivity contribution in [2.24, 2.45) is 0 Å². The lowest BCUT2D eigenvalue weighted by atomic mass is 10.1. The van der Waals surface area contributed by atoms with Gasteiger partial charge in [0.1, 0.15) is 12.4 Å². The van der Waals surface area contributed by atoms with Gasteiger partial charge in [0.2, 0.25) is 5.91 Å². The van der Waals surface area contributed by atoms with Crippen LogP contribution in [0.1, 0.15) is 11.1 Å². The van der Waals surface area contributed by atoms with Crippen molar-refractivity contribution < 1.29 is 14.3 Å². The molecule has 122 valence electrons. The second-order valence-corrected chi connectivity index (χ2v) is 5.18. The molecule has 3 N–H and O–H groups in total. The van der Waals surface area contributed by atoms with E-state index in [2.05, 4.69) is 5.32 Å². The predicted molar refractivity (Wildman–Crippen MR) is 90.2 cm³/mol. The van der Waals surface area contributed by atoms with Gasteiger partial charge in [-0.05, 0) is 35.4 Å². The topological polar surface area (TPSA) is 73.6 Å². The van der Waals surface area contributed by atoms with E-state index in [-0.39, 0.29) is 5.91 Å². The lowest BCUT2D eigenvalue weighted by molar-refractivity contribution is -0.120. The van der Waals surface area contributed by atoms with Gasteiger partial charge < -0.3 is 20.5 Å². The Bertz CT molecular complexity index is 626. The van der Waals surface area contributed by atoms with Gasteiger partial charge >= 0.3 is 0 Å². The van der Waals surface area contributed by atoms with Gasteiger partial charge in [-0.25, -0.2) is 0 Å². The summed E-state index contributed by atoms with van der Waals surface area (Å²) in [6.45, 7) is 1.52. The number of nitrogens with two attached hydrogens (primary N) is 1. The molecule has 2 aromatic carbocycles. The second kappa shape index (κ2) is 8.80. The minimum atomic E-state index is -0.0273. The molecule has 0 atom stereocenters. The number of benzene rings is 2. The SMILES string of the molecule is COCCOc1cccc(CNC(=O)Cc2ccc(N)cc2)c1. The fourth-order valence-electron chi connectivity index (χ4n) is 2.07. The maximum atomic E-state index is 12.0. The van der Waals surface area contributed by atoms with E-state index in [1.807, 2.05) is 36.4 Å². The van der Waals surface area contributed by atoms with Crippen molar-refractivity contribution in [3.63, 3.8) is 0 Å². The van der Waals surface area contributed by atoms with Crippen LogP contribution in [0.15, 0.2) is 48.5 Å². The molecule has 5 nitrogen and oxygen atoms in total. The summed E-state index contributed by atoms with van der Waals surface area (Å²) in [5, 5.41) is 2.91. The third-order valence-corrected chi connectivity index (χ3v) is 3.29. The third-order valence-electron chi connectivity index (χ3n) is 3.29. The number of hydrogen-bond acceptors (Lipinski definition) is 4. The van der Waals surface area contributed by atoms with Crippen LogP contribution in [0.2, 0.25) is 0 Å².